The molecule has 0 saturated heterocycles. The molecule has 1 aliphatic rings. The molecule has 2 heterocycles. The number of rotatable bonds is 3. The molecule has 0 aromatic carbocycles. The van der Waals surface area contributed by atoms with E-state index in [1.165, 1.54) is 5.56 Å². The number of pyridine rings is 1. The van der Waals surface area contributed by atoms with Crippen LogP contribution in [0.2, 0.25) is 0 Å². The molecule has 0 N–H and O–H groups in total. The summed E-state index contributed by atoms with van der Waals surface area (Å²) in [6.07, 6.45) is 0.882. The Kier molecular flexibility index (Phi) is 2.68. The topological polar surface area (TPSA) is 36.4 Å². The van der Waals surface area contributed by atoms with E-state index in [0.29, 0.717) is 13.1 Å². The molecule has 0 aliphatic carbocycles. The minimum absolute atomic E-state index is 0.653. The maximum atomic E-state index is 10.6. The second-order valence-electron chi connectivity index (χ2n) is 4.16. The average molecular weight is 205 g/mol. The highest BCUT2D eigenvalue weighted by Crippen LogP contribution is 2.19. The fraction of sp³-hybridized carbons (Fsp3) is 0.455. The van der Waals surface area contributed by atoms with Crippen LogP contribution in [-0.2, 0) is 24.4 Å². The molecule has 0 unspecified atom stereocenters. The van der Waals surface area contributed by atoms with Gasteiger partial charge < -0.3 is 9.80 Å². The Hall–Kier alpha value is -1.42. The van der Waals surface area contributed by atoms with Crippen molar-refractivity contribution in [1.82, 2.24) is 14.8 Å². The molecule has 1 amide bonds. The third-order valence-corrected chi connectivity index (χ3v) is 2.48. The van der Waals surface area contributed by atoms with E-state index in [0.717, 1.165) is 24.3 Å². The van der Waals surface area contributed by atoms with Gasteiger partial charge in [0.1, 0.15) is 0 Å². The smallest absolute Gasteiger partial charge is 0.210 e. The molecule has 0 fully saturated rings. The molecule has 80 valence electrons. The fourth-order valence-corrected chi connectivity index (χ4v) is 1.81. The van der Waals surface area contributed by atoms with E-state index in [2.05, 4.69) is 16.0 Å². The summed E-state index contributed by atoms with van der Waals surface area (Å²) in [4.78, 5) is 19.0. The SMILES string of the molecule is CN(C)Cc1ccc2c(n1)CN(C=O)C2. The predicted molar refractivity (Wildman–Crippen MR) is 56.9 cm³/mol. The molecular formula is C11H15N3O. The molecular weight excluding hydrogens is 190 g/mol. The number of aromatic nitrogens is 1. The quantitative estimate of drug-likeness (QED) is 0.679. The van der Waals surface area contributed by atoms with Crippen molar-refractivity contribution < 1.29 is 4.79 Å². The highest BCUT2D eigenvalue weighted by molar-refractivity contribution is 5.50. The van der Waals surface area contributed by atoms with E-state index in [4.69, 9.17) is 0 Å². The van der Waals surface area contributed by atoms with Crippen LogP contribution in [0, 0.1) is 0 Å². The van der Waals surface area contributed by atoms with Gasteiger partial charge in [-0.05, 0) is 25.7 Å². The lowest BCUT2D eigenvalue weighted by Gasteiger charge is -2.09. The number of hydrogen-bond donors (Lipinski definition) is 0. The van der Waals surface area contributed by atoms with Crippen LogP contribution < -0.4 is 0 Å². The van der Waals surface area contributed by atoms with Crippen LogP contribution in [0.3, 0.4) is 0 Å². The van der Waals surface area contributed by atoms with Crippen LogP contribution in [0.25, 0.3) is 0 Å². The third-order valence-electron chi connectivity index (χ3n) is 2.48. The largest absolute Gasteiger partial charge is 0.335 e. The fourth-order valence-electron chi connectivity index (χ4n) is 1.81. The molecule has 0 atom stereocenters. The standard InChI is InChI=1S/C11H15N3O/c1-13(2)6-10-4-3-9-5-14(8-15)7-11(9)12-10/h3-4,8H,5-7H2,1-2H3. The van der Waals surface area contributed by atoms with Crippen LogP contribution in [0.15, 0.2) is 12.1 Å². The van der Waals surface area contributed by atoms with Crippen molar-refractivity contribution in [1.29, 1.82) is 0 Å². The number of nitrogens with zero attached hydrogens (tertiary/aromatic N) is 3. The van der Waals surface area contributed by atoms with Gasteiger partial charge in [-0.25, -0.2) is 0 Å². The van der Waals surface area contributed by atoms with Gasteiger partial charge in [-0.1, -0.05) is 6.07 Å². The molecule has 0 bridgehead atoms. The number of amides is 1. The van der Waals surface area contributed by atoms with E-state index in [1.807, 2.05) is 20.2 Å². The Labute approximate surface area is 89.5 Å². The van der Waals surface area contributed by atoms with Crippen molar-refractivity contribution >= 4 is 6.41 Å². The van der Waals surface area contributed by atoms with E-state index >= 15 is 0 Å². The zero-order valence-electron chi connectivity index (χ0n) is 9.10. The lowest BCUT2D eigenvalue weighted by atomic mass is 10.2. The van der Waals surface area contributed by atoms with Gasteiger partial charge >= 0.3 is 0 Å². The molecule has 1 aliphatic heterocycles. The summed E-state index contributed by atoms with van der Waals surface area (Å²) in [6, 6.07) is 4.11. The molecule has 2 rings (SSSR count). The molecule has 1 aromatic rings. The van der Waals surface area contributed by atoms with Crippen molar-refractivity contribution in [3.8, 4) is 0 Å². The highest BCUT2D eigenvalue weighted by Gasteiger charge is 2.18. The summed E-state index contributed by atoms with van der Waals surface area (Å²) < 4.78 is 0. The number of carbonyl (C=O) groups is 1. The Balaban J connectivity index is 2.18. The van der Waals surface area contributed by atoms with E-state index in [9.17, 15) is 4.79 Å². The first-order valence-electron chi connectivity index (χ1n) is 5.01. The Bertz CT molecular complexity index is 376. The summed E-state index contributed by atoms with van der Waals surface area (Å²) >= 11 is 0. The Morgan fingerprint density at radius 3 is 2.93 bits per heavy atom. The minimum atomic E-state index is 0.653. The molecule has 4 heteroatoms. The maximum Gasteiger partial charge on any atom is 0.210 e. The van der Waals surface area contributed by atoms with Gasteiger partial charge in [0, 0.05) is 13.1 Å². The predicted octanol–water partition coefficient (Wildman–Crippen LogP) is 0.615. The maximum absolute atomic E-state index is 10.6. The minimum Gasteiger partial charge on any atom is -0.335 e. The van der Waals surface area contributed by atoms with Gasteiger partial charge in [0.05, 0.1) is 17.9 Å². The van der Waals surface area contributed by atoms with Crippen molar-refractivity contribution in [2.75, 3.05) is 14.1 Å². The van der Waals surface area contributed by atoms with Crippen LogP contribution in [0.5, 0.6) is 0 Å². The molecule has 1 aromatic heterocycles. The first-order chi connectivity index (χ1) is 7.19. The zero-order chi connectivity index (χ0) is 10.8. The Morgan fingerprint density at radius 1 is 1.47 bits per heavy atom. The summed E-state index contributed by atoms with van der Waals surface area (Å²) in [7, 11) is 4.04. The third kappa shape index (κ3) is 2.15. The average Bonchev–Trinajstić information content (AvgIpc) is 2.58. The molecule has 0 saturated carbocycles. The van der Waals surface area contributed by atoms with E-state index < -0.39 is 0 Å². The lowest BCUT2D eigenvalue weighted by molar-refractivity contribution is -0.118. The van der Waals surface area contributed by atoms with Crippen molar-refractivity contribution in [3.05, 3.63) is 29.1 Å². The van der Waals surface area contributed by atoms with Gasteiger partial charge in [0.15, 0.2) is 0 Å². The van der Waals surface area contributed by atoms with Gasteiger partial charge in [-0.15, -0.1) is 0 Å². The molecule has 15 heavy (non-hydrogen) atoms. The van der Waals surface area contributed by atoms with Crippen LogP contribution in [0.1, 0.15) is 17.0 Å². The number of hydrogen-bond acceptors (Lipinski definition) is 3. The van der Waals surface area contributed by atoms with E-state index in [-0.39, 0.29) is 0 Å². The van der Waals surface area contributed by atoms with Crippen molar-refractivity contribution in [2.45, 2.75) is 19.6 Å². The number of carbonyl (C=O) groups excluding carboxylic acids is 1. The van der Waals surface area contributed by atoms with Crippen molar-refractivity contribution in [3.63, 3.8) is 0 Å². The van der Waals surface area contributed by atoms with Gasteiger partial charge in [0.2, 0.25) is 6.41 Å². The second-order valence-corrected chi connectivity index (χ2v) is 4.16. The molecule has 0 radical (unpaired) electrons. The van der Waals surface area contributed by atoms with Crippen LogP contribution in [0.4, 0.5) is 0 Å². The number of fused-ring (bicyclic) bond motifs is 1. The Morgan fingerprint density at radius 2 is 2.27 bits per heavy atom. The van der Waals surface area contributed by atoms with Gasteiger partial charge in [-0.3, -0.25) is 9.78 Å². The molecule has 0 spiro atoms. The normalized spacial score (nSPS) is 14.5. The second kappa shape index (κ2) is 3.98. The summed E-state index contributed by atoms with van der Waals surface area (Å²) in [5, 5.41) is 0. The lowest BCUT2D eigenvalue weighted by Crippen LogP contribution is -2.13. The van der Waals surface area contributed by atoms with Crippen molar-refractivity contribution in [2.24, 2.45) is 0 Å². The summed E-state index contributed by atoms with van der Waals surface area (Å²) in [5.74, 6) is 0. The summed E-state index contributed by atoms with van der Waals surface area (Å²) in [6.45, 7) is 2.20. The van der Waals surface area contributed by atoms with Gasteiger partial charge in [-0.2, -0.15) is 0 Å². The van der Waals surface area contributed by atoms with Crippen LogP contribution in [-0.4, -0.2) is 35.3 Å². The first-order valence-corrected chi connectivity index (χ1v) is 5.01. The van der Waals surface area contributed by atoms with Crippen LogP contribution >= 0.6 is 0 Å². The highest BCUT2D eigenvalue weighted by atomic mass is 16.1. The van der Waals surface area contributed by atoms with E-state index in [1.54, 1.807) is 4.90 Å². The zero-order valence-corrected chi connectivity index (χ0v) is 9.10. The monoisotopic (exact) mass is 205 g/mol. The van der Waals surface area contributed by atoms with Gasteiger partial charge in [0.25, 0.3) is 0 Å². The first kappa shape index (κ1) is 10.1. The molecule has 4 nitrogen and oxygen atoms in total. The summed E-state index contributed by atoms with van der Waals surface area (Å²) in [5.41, 5.74) is 3.28.